The maximum Gasteiger partial charge on any atom is 0.417 e. The molecule has 0 N–H and O–H groups in total. The van der Waals surface area contributed by atoms with Gasteiger partial charge in [0.15, 0.2) is 0 Å². The fraction of sp³-hybridized carbons (Fsp3) is 0.364. The molecule has 1 aliphatic heterocycles. The zero-order chi connectivity index (χ0) is 12.6. The summed E-state index contributed by atoms with van der Waals surface area (Å²) in [5.41, 5.74) is -0.637. The molecule has 0 aliphatic carbocycles. The van der Waals surface area contributed by atoms with Gasteiger partial charge in [-0.25, -0.2) is 0 Å². The first kappa shape index (κ1) is 12.7. The lowest BCUT2D eigenvalue weighted by Crippen LogP contribution is -2.42. The van der Waals surface area contributed by atoms with Crippen molar-refractivity contribution in [3.05, 3.63) is 32.9 Å². The minimum Gasteiger partial charge on any atom is -0.339 e. The number of hydrogen-bond donors (Lipinski definition) is 0. The minimum atomic E-state index is -4.41. The SMILES string of the molecule is O=C(c1ccc(I)c(C(F)(F)F)c1)N1CCC1. The van der Waals surface area contributed by atoms with Gasteiger partial charge in [-0.3, -0.25) is 4.79 Å². The van der Waals surface area contributed by atoms with E-state index >= 15 is 0 Å². The van der Waals surface area contributed by atoms with Crippen molar-refractivity contribution in [3.63, 3.8) is 0 Å². The first-order chi connectivity index (χ1) is 7.89. The fourth-order valence-corrected chi connectivity index (χ4v) is 2.22. The number of amides is 1. The molecule has 0 atom stereocenters. The Hall–Kier alpha value is -0.790. The van der Waals surface area contributed by atoms with Crippen LogP contribution in [-0.2, 0) is 6.18 Å². The van der Waals surface area contributed by atoms with Crippen LogP contribution in [0.25, 0.3) is 0 Å². The molecule has 2 nitrogen and oxygen atoms in total. The van der Waals surface area contributed by atoms with E-state index in [-0.39, 0.29) is 15.0 Å². The van der Waals surface area contributed by atoms with E-state index in [2.05, 4.69) is 0 Å². The Morgan fingerprint density at radius 1 is 1.29 bits per heavy atom. The summed E-state index contributed by atoms with van der Waals surface area (Å²) in [6.07, 6.45) is -3.50. The molecule has 1 fully saturated rings. The predicted octanol–water partition coefficient (Wildman–Crippen LogP) is 3.16. The number of carbonyl (C=O) groups is 1. The molecule has 0 spiro atoms. The van der Waals surface area contributed by atoms with E-state index in [1.54, 1.807) is 27.5 Å². The molecule has 0 saturated carbocycles. The van der Waals surface area contributed by atoms with Gasteiger partial charge in [-0.05, 0) is 47.2 Å². The summed E-state index contributed by atoms with van der Waals surface area (Å²) in [7, 11) is 0. The summed E-state index contributed by atoms with van der Waals surface area (Å²) in [5, 5.41) is 0. The van der Waals surface area contributed by atoms with Gasteiger partial charge in [-0.1, -0.05) is 0 Å². The van der Waals surface area contributed by atoms with Crippen LogP contribution < -0.4 is 0 Å². The molecular weight excluding hydrogens is 346 g/mol. The van der Waals surface area contributed by atoms with Crippen molar-refractivity contribution in [1.82, 2.24) is 4.90 Å². The van der Waals surface area contributed by atoms with Crippen LogP contribution in [0.4, 0.5) is 13.2 Å². The lowest BCUT2D eigenvalue weighted by molar-refractivity contribution is -0.138. The summed E-state index contributed by atoms with van der Waals surface area (Å²) in [6, 6.07) is 3.70. The highest BCUT2D eigenvalue weighted by molar-refractivity contribution is 14.1. The monoisotopic (exact) mass is 355 g/mol. The number of nitrogens with zero attached hydrogens (tertiary/aromatic N) is 1. The van der Waals surface area contributed by atoms with Gasteiger partial charge < -0.3 is 4.90 Å². The molecule has 0 bridgehead atoms. The summed E-state index contributed by atoms with van der Waals surface area (Å²) < 4.78 is 38.1. The Morgan fingerprint density at radius 3 is 2.41 bits per heavy atom. The van der Waals surface area contributed by atoms with Crippen LogP contribution in [0.2, 0.25) is 0 Å². The van der Waals surface area contributed by atoms with Gasteiger partial charge in [0, 0.05) is 22.2 Å². The number of rotatable bonds is 1. The molecule has 1 aromatic rings. The molecule has 2 rings (SSSR count). The van der Waals surface area contributed by atoms with E-state index in [1.165, 1.54) is 12.1 Å². The van der Waals surface area contributed by atoms with Crippen molar-refractivity contribution in [2.45, 2.75) is 12.6 Å². The second kappa shape index (κ2) is 4.47. The molecule has 0 aromatic heterocycles. The first-order valence-corrected chi connectivity index (χ1v) is 6.13. The van der Waals surface area contributed by atoms with Crippen molar-refractivity contribution < 1.29 is 18.0 Å². The smallest absolute Gasteiger partial charge is 0.339 e. The van der Waals surface area contributed by atoms with Gasteiger partial charge >= 0.3 is 6.18 Å². The largest absolute Gasteiger partial charge is 0.417 e. The number of hydrogen-bond acceptors (Lipinski definition) is 1. The molecular formula is C11H9F3INO. The number of carbonyl (C=O) groups excluding carboxylic acids is 1. The minimum absolute atomic E-state index is 0.107. The van der Waals surface area contributed by atoms with Crippen molar-refractivity contribution in [2.24, 2.45) is 0 Å². The lowest BCUT2D eigenvalue weighted by atomic mass is 10.1. The number of halogens is 4. The molecule has 6 heteroatoms. The topological polar surface area (TPSA) is 20.3 Å². The maximum atomic E-state index is 12.7. The van der Waals surface area contributed by atoms with Gasteiger partial charge in [0.2, 0.25) is 0 Å². The van der Waals surface area contributed by atoms with E-state index in [4.69, 9.17) is 0 Å². The van der Waals surface area contributed by atoms with Crippen molar-refractivity contribution in [2.75, 3.05) is 13.1 Å². The van der Waals surface area contributed by atoms with Crippen LogP contribution in [-0.4, -0.2) is 23.9 Å². The van der Waals surface area contributed by atoms with E-state index in [9.17, 15) is 18.0 Å². The average Bonchev–Trinajstić information content (AvgIpc) is 2.13. The van der Waals surface area contributed by atoms with Crippen molar-refractivity contribution >= 4 is 28.5 Å². The van der Waals surface area contributed by atoms with Gasteiger partial charge in [0.05, 0.1) is 5.56 Å². The average molecular weight is 355 g/mol. The molecule has 17 heavy (non-hydrogen) atoms. The van der Waals surface area contributed by atoms with Crippen LogP contribution in [0.15, 0.2) is 18.2 Å². The molecule has 1 aromatic carbocycles. The highest BCUT2D eigenvalue weighted by atomic mass is 127. The highest BCUT2D eigenvalue weighted by Gasteiger charge is 2.34. The van der Waals surface area contributed by atoms with Crippen LogP contribution in [0.3, 0.4) is 0 Å². The maximum absolute atomic E-state index is 12.7. The normalized spacial score (nSPS) is 15.6. The number of alkyl halides is 3. The van der Waals surface area contributed by atoms with Crippen molar-refractivity contribution in [1.29, 1.82) is 0 Å². The Morgan fingerprint density at radius 2 is 1.94 bits per heavy atom. The molecule has 1 aliphatic rings. The fourth-order valence-electron chi connectivity index (χ4n) is 1.58. The third kappa shape index (κ3) is 2.56. The summed E-state index contributed by atoms with van der Waals surface area (Å²) in [5.74, 6) is -0.321. The van der Waals surface area contributed by atoms with Gasteiger partial charge in [-0.2, -0.15) is 13.2 Å². The third-order valence-electron chi connectivity index (χ3n) is 2.66. The Balaban J connectivity index is 2.33. The van der Waals surface area contributed by atoms with Gasteiger partial charge in [-0.15, -0.1) is 0 Å². The predicted molar refractivity (Wildman–Crippen MR) is 64.7 cm³/mol. The molecule has 0 radical (unpaired) electrons. The van der Waals surface area contributed by atoms with E-state index in [1.807, 2.05) is 0 Å². The third-order valence-corrected chi connectivity index (χ3v) is 3.60. The van der Waals surface area contributed by atoms with Gasteiger partial charge in [0.1, 0.15) is 0 Å². The van der Waals surface area contributed by atoms with Crippen LogP contribution in [0.5, 0.6) is 0 Å². The second-order valence-corrected chi connectivity index (χ2v) is 5.00. The van der Waals surface area contributed by atoms with E-state index in [0.29, 0.717) is 13.1 Å². The van der Waals surface area contributed by atoms with E-state index < -0.39 is 11.7 Å². The summed E-state index contributed by atoms with van der Waals surface area (Å²) in [6.45, 7) is 1.26. The molecule has 92 valence electrons. The highest BCUT2D eigenvalue weighted by Crippen LogP contribution is 2.33. The summed E-state index contributed by atoms with van der Waals surface area (Å²) in [4.78, 5) is 13.3. The molecule has 1 saturated heterocycles. The van der Waals surface area contributed by atoms with Crippen molar-refractivity contribution in [3.8, 4) is 0 Å². The Kier molecular flexibility index (Phi) is 3.33. The zero-order valence-electron chi connectivity index (χ0n) is 8.72. The van der Waals surface area contributed by atoms with Crippen LogP contribution >= 0.6 is 22.6 Å². The van der Waals surface area contributed by atoms with Crippen LogP contribution in [0.1, 0.15) is 22.3 Å². The zero-order valence-corrected chi connectivity index (χ0v) is 10.9. The first-order valence-electron chi connectivity index (χ1n) is 5.05. The summed E-state index contributed by atoms with van der Waals surface area (Å²) >= 11 is 1.62. The van der Waals surface area contributed by atoms with Gasteiger partial charge in [0.25, 0.3) is 5.91 Å². The lowest BCUT2D eigenvalue weighted by Gasteiger charge is -2.31. The number of likely N-dealkylation sites (tertiary alicyclic amines) is 1. The van der Waals surface area contributed by atoms with Crippen LogP contribution in [0, 0.1) is 3.57 Å². The number of benzene rings is 1. The Labute approximate surface area is 110 Å². The molecule has 0 unspecified atom stereocenters. The second-order valence-electron chi connectivity index (χ2n) is 3.84. The molecule has 1 amide bonds. The standard InChI is InChI=1S/C11H9F3INO/c12-11(13,14)8-6-7(2-3-9(8)15)10(17)16-4-1-5-16/h2-3,6H,1,4-5H2. The molecule has 1 heterocycles. The van der Waals surface area contributed by atoms with E-state index in [0.717, 1.165) is 12.5 Å². The Bertz CT molecular complexity index is 455. The quantitative estimate of drug-likeness (QED) is 0.709.